The van der Waals surface area contributed by atoms with Crippen LogP contribution in [-0.2, 0) is 23.2 Å². The number of amides is 4. The highest BCUT2D eigenvalue weighted by Gasteiger charge is 2.50. The smallest absolute Gasteiger partial charge is 0.262 e. The number of carbonyl (C=O) groups is 4. The van der Waals surface area contributed by atoms with E-state index in [4.69, 9.17) is 14.2 Å². The molecular weight excluding hydrogens is 815 g/mol. The van der Waals surface area contributed by atoms with Gasteiger partial charge in [-0.15, -0.1) is 0 Å². The molecule has 1 spiro atoms. The number of carbonyl (C=O) groups excluding carboxylic acids is 4. The second-order valence-electron chi connectivity index (χ2n) is 19.3. The minimum Gasteiger partial charge on any atom is -0.496 e. The van der Waals surface area contributed by atoms with Gasteiger partial charge in [-0.1, -0.05) is 0 Å². The molecule has 64 heavy (non-hydrogen) atoms. The third kappa shape index (κ3) is 7.69. The van der Waals surface area contributed by atoms with Gasteiger partial charge in [-0.2, -0.15) is 0 Å². The van der Waals surface area contributed by atoms with E-state index in [1.54, 1.807) is 50.2 Å². The largest absolute Gasteiger partial charge is 0.496 e. The summed E-state index contributed by atoms with van der Waals surface area (Å²) in [5.41, 5.74) is 3.51. The number of methoxy groups -OCH3 is 2. The highest BCUT2D eigenvalue weighted by atomic mass is 16.5. The van der Waals surface area contributed by atoms with Crippen LogP contribution >= 0.6 is 0 Å². The number of aryl methyl sites for hydroxylation is 1. The SMILES string of the molecule is COc1cc(-c2cn(C)c(=O)c3cnc(N(C)C)cc23)cc(OC)c1CN1CCC(C(C)(C)N2CCC3(CC2)CC(Oc2ccc4c(c2)C(=O)N(C2CCC(=O)NC2=O)C4=O)C3)CC1. The molecule has 15 nitrogen and oxygen atoms in total. The first-order valence-corrected chi connectivity index (χ1v) is 22.5. The van der Waals surface area contributed by atoms with E-state index < -0.39 is 29.7 Å². The van der Waals surface area contributed by atoms with Crippen LogP contribution in [0.2, 0.25) is 0 Å². The first-order valence-electron chi connectivity index (χ1n) is 22.5. The Morgan fingerprint density at radius 1 is 0.844 bits per heavy atom. The third-order valence-electron chi connectivity index (χ3n) is 15.1. The number of fused-ring (bicyclic) bond motifs is 2. The molecule has 6 heterocycles. The maximum absolute atomic E-state index is 13.3. The average Bonchev–Trinajstić information content (AvgIpc) is 3.52. The summed E-state index contributed by atoms with van der Waals surface area (Å²) in [6.45, 7) is 9.59. The number of imide groups is 2. The number of aromatic nitrogens is 2. The van der Waals surface area contributed by atoms with Crippen molar-refractivity contribution < 1.29 is 33.4 Å². The van der Waals surface area contributed by atoms with Gasteiger partial charge in [0.1, 0.15) is 29.1 Å². The van der Waals surface area contributed by atoms with Crippen LogP contribution in [0.3, 0.4) is 0 Å². The topological polar surface area (TPSA) is 156 Å². The van der Waals surface area contributed by atoms with Gasteiger partial charge >= 0.3 is 0 Å². The first-order chi connectivity index (χ1) is 30.6. The number of rotatable bonds is 11. The Balaban J connectivity index is 0.791. The number of piperidine rings is 3. The number of hydrogen-bond acceptors (Lipinski definition) is 12. The normalized spacial score (nSPS) is 21.0. The third-order valence-corrected chi connectivity index (χ3v) is 15.1. The van der Waals surface area contributed by atoms with Gasteiger partial charge in [-0.25, -0.2) is 4.98 Å². The van der Waals surface area contributed by atoms with Gasteiger partial charge in [0.15, 0.2) is 0 Å². The Morgan fingerprint density at radius 3 is 2.16 bits per heavy atom. The molecular formula is C49H59N7O8. The molecule has 1 atom stereocenters. The van der Waals surface area contributed by atoms with Crippen LogP contribution in [0.1, 0.15) is 91.5 Å². The number of anilines is 1. The summed E-state index contributed by atoms with van der Waals surface area (Å²) < 4.78 is 20.1. The summed E-state index contributed by atoms with van der Waals surface area (Å²) in [7, 11) is 9.03. The van der Waals surface area contributed by atoms with Gasteiger partial charge in [0.05, 0.1) is 42.4 Å². The van der Waals surface area contributed by atoms with Crippen LogP contribution in [0, 0.1) is 11.3 Å². The van der Waals surface area contributed by atoms with Crippen molar-refractivity contribution in [1.29, 1.82) is 0 Å². The van der Waals surface area contributed by atoms with E-state index in [2.05, 4.69) is 46.1 Å². The summed E-state index contributed by atoms with van der Waals surface area (Å²) in [5, 5.41) is 3.63. The zero-order chi connectivity index (χ0) is 45.2. The van der Waals surface area contributed by atoms with Crippen molar-refractivity contribution >= 4 is 40.2 Å². The van der Waals surface area contributed by atoms with Crippen LogP contribution in [0.15, 0.2) is 53.6 Å². The van der Waals surface area contributed by atoms with E-state index in [-0.39, 0.29) is 46.6 Å². The predicted molar refractivity (Wildman–Crippen MR) is 242 cm³/mol. The molecule has 1 N–H and O–H groups in total. The molecule has 3 saturated heterocycles. The lowest BCUT2D eigenvalue weighted by atomic mass is 9.61. The summed E-state index contributed by atoms with van der Waals surface area (Å²) in [6, 6.07) is 10.1. The molecule has 1 unspecified atom stereocenters. The summed E-state index contributed by atoms with van der Waals surface area (Å²) in [4.78, 5) is 76.3. The molecule has 338 valence electrons. The van der Waals surface area contributed by atoms with Crippen LogP contribution in [0.4, 0.5) is 5.82 Å². The van der Waals surface area contributed by atoms with Crippen LogP contribution in [-0.4, -0.2) is 120 Å². The van der Waals surface area contributed by atoms with Gasteiger partial charge < -0.3 is 23.7 Å². The van der Waals surface area contributed by atoms with Crippen LogP contribution in [0.5, 0.6) is 17.2 Å². The second-order valence-corrected chi connectivity index (χ2v) is 19.3. The molecule has 0 bridgehead atoms. The van der Waals surface area contributed by atoms with Gasteiger partial charge in [0.2, 0.25) is 11.8 Å². The summed E-state index contributed by atoms with van der Waals surface area (Å²) in [5.74, 6) is 1.33. The number of pyridine rings is 2. The fourth-order valence-electron chi connectivity index (χ4n) is 11.1. The highest BCUT2D eigenvalue weighted by Crippen LogP contribution is 2.52. The fourth-order valence-corrected chi connectivity index (χ4v) is 11.1. The van der Waals surface area contributed by atoms with Gasteiger partial charge in [-0.05, 0) is 138 Å². The maximum Gasteiger partial charge on any atom is 0.262 e. The predicted octanol–water partition coefficient (Wildman–Crippen LogP) is 5.40. The zero-order valence-corrected chi connectivity index (χ0v) is 38.0. The zero-order valence-electron chi connectivity index (χ0n) is 38.0. The first kappa shape index (κ1) is 43.5. The Bertz CT molecular complexity index is 2570. The maximum atomic E-state index is 13.3. The van der Waals surface area contributed by atoms with E-state index in [1.165, 1.54) is 0 Å². The van der Waals surface area contributed by atoms with Crippen molar-refractivity contribution in [2.75, 3.05) is 59.4 Å². The van der Waals surface area contributed by atoms with Crippen LogP contribution in [0.25, 0.3) is 21.9 Å². The lowest BCUT2D eigenvalue weighted by Crippen LogP contribution is -2.58. The summed E-state index contributed by atoms with van der Waals surface area (Å²) >= 11 is 0. The molecule has 0 radical (unpaired) electrons. The van der Waals surface area contributed by atoms with Crippen molar-refractivity contribution in [3.05, 3.63) is 75.8 Å². The molecule has 2 aromatic carbocycles. The molecule has 1 saturated carbocycles. The number of likely N-dealkylation sites (tertiary alicyclic amines) is 2. The van der Waals surface area contributed by atoms with Crippen LogP contribution < -0.4 is 30.0 Å². The number of ether oxygens (including phenoxy) is 3. The minimum atomic E-state index is -0.992. The quantitative estimate of drug-likeness (QED) is 0.192. The standard InChI is InChI=1S/C49H59N7O8/c1-48(2,55-18-14-49(15-19-55)24-32(25-49)64-31-8-9-33-35(22-31)47(61)56(46(33)60)39-10-11-43(57)51-44(39)58)30-12-16-54(17-13-30)28-38-40(62-6)20-29(21-41(38)63-7)37-27-53(5)45(59)36-26-50-42(52(3)4)23-34(36)37/h8-9,20-23,26-27,30,32,39H,10-19,24-25,28H2,1-7H3,(H,51,57,58). The van der Waals surface area contributed by atoms with Crippen molar-refractivity contribution in [2.24, 2.45) is 18.4 Å². The minimum absolute atomic E-state index is 0.0381. The Hall–Kier alpha value is -5.80. The Morgan fingerprint density at radius 2 is 1.52 bits per heavy atom. The molecule has 5 aliphatic rings. The fraction of sp³-hybridized carbons (Fsp3) is 0.510. The lowest BCUT2D eigenvalue weighted by molar-refractivity contribution is -0.136. The molecule has 9 rings (SSSR count). The molecule has 4 fully saturated rings. The summed E-state index contributed by atoms with van der Waals surface area (Å²) in [6.07, 6.45) is 10.1. The van der Waals surface area contributed by atoms with Crippen molar-refractivity contribution in [3.63, 3.8) is 0 Å². The van der Waals surface area contributed by atoms with E-state index >= 15 is 0 Å². The molecule has 1 aliphatic carbocycles. The second kappa shape index (κ2) is 16.6. The van der Waals surface area contributed by atoms with E-state index in [9.17, 15) is 24.0 Å². The van der Waals surface area contributed by atoms with Crippen molar-refractivity contribution in [3.8, 4) is 28.4 Å². The average molecular weight is 874 g/mol. The van der Waals surface area contributed by atoms with Gasteiger partial charge in [-0.3, -0.25) is 44.0 Å². The van der Waals surface area contributed by atoms with E-state index in [0.717, 1.165) is 109 Å². The lowest BCUT2D eigenvalue weighted by Gasteiger charge is -2.56. The Kier molecular flexibility index (Phi) is 11.3. The van der Waals surface area contributed by atoms with Gasteiger partial charge in [0.25, 0.3) is 17.4 Å². The molecule has 4 amide bonds. The molecule has 2 aromatic heterocycles. The number of hydrogen-bond donors (Lipinski definition) is 1. The van der Waals surface area contributed by atoms with E-state index in [0.29, 0.717) is 23.6 Å². The van der Waals surface area contributed by atoms with Crippen molar-refractivity contribution in [2.45, 2.75) is 89.4 Å². The Labute approximate surface area is 373 Å². The van der Waals surface area contributed by atoms with Crippen molar-refractivity contribution in [1.82, 2.24) is 29.6 Å². The van der Waals surface area contributed by atoms with E-state index in [1.807, 2.05) is 31.3 Å². The molecule has 15 heteroatoms. The highest BCUT2D eigenvalue weighted by molar-refractivity contribution is 6.23. The van der Waals surface area contributed by atoms with Gasteiger partial charge in [0, 0.05) is 63.0 Å². The monoisotopic (exact) mass is 873 g/mol. The number of benzene rings is 2. The molecule has 4 aromatic rings. The number of nitrogens with one attached hydrogen (secondary N) is 1. The number of nitrogens with zero attached hydrogens (tertiary/aromatic N) is 6. The molecule has 4 aliphatic heterocycles.